The third kappa shape index (κ3) is 3.41. The first-order valence-corrected chi connectivity index (χ1v) is 8.55. The summed E-state index contributed by atoms with van der Waals surface area (Å²) in [7, 11) is 0. The normalized spacial score (nSPS) is 10.8. The number of hydrogen-bond donors (Lipinski definition) is 1. The Morgan fingerprint density at radius 1 is 1.38 bits per heavy atom. The molecule has 0 spiro atoms. The predicted molar refractivity (Wildman–Crippen MR) is 90.0 cm³/mol. The Labute approximate surface area is 143 Å². The van der Waals surface area contributed by atoms with Crippen molar-refractivity contribution < 1.29 is 13.6 Å². The molecule has 3 aromatic heterocycles. The Hall–Kier alpha value is -2.39. The highest BCUT2D eigenvalue weighted by atomic mass is 32.1. The predicted octanol–water partition coefficient (Wildman–Crippen LogP) is 3.39. The summed E-state index contributed by atoms with van der Waals surface area (Å²) in [4.78, 5) is 29.2. The zero-order chi connectivity index (χ0) is 17.1. The topological polar surface area (TPSA) is 64.0 Å². The maximum Gasteiger partial charge on any atom is 0.286 e. The van der Waals surface area contributed by atoms with Gasteiger partial charge in [-0.3, -0.25) is 9.59 Å². The van der Waals surface area contributed by atoms with Crippen LogP contribution in [0.4, 0.5) is 14.5 Å². The zero-order valence-corrected chi connectivity index (χ0v) is 13.8. The van der Waals surface area contributed by atoms with Crippen molar-refractivity contribution in [3.63, 3.8) is 0 Å². The van der Waals surface area contributed by atoms with Gasteiger partial charge < -0.3 is 9.88 Å². The minimum absolute atomic E-state index is 0.0924. The van der Waals surface area contributed by atoms with Crippen LogP contribution in [0.25, 0.3) is 9.88 Å². The second-order valence-corrected chi connectivity index (χ2v) is 6.70. The van der Waals surface area contributed by atoms with E-state index in [0.717, 1.165) is 20.5 Å². The van der Waals surface area contributed by atoms with E-state index < -0.39 is 24.0 Å². The first-order valence-electron chi connectivity index (χ1n) is 6.85. The second kappa shape index (κ2) is 7.02. The number of hydrogen-bond acceptors (Lipinski definition) is 5. The molecule has 1 N–H and O–H groups in total. The lowest BCUT2D eigenvalue weighted by Crippen LogP contribution is -2.24. The number of halogens is 2. The molecule has 3 heterocycles. The highest BCUT2D eigenvalue weighted by molar-refractivity contribution is 7.22. The molecular weight excluding hydrogens is 356 g/mol. The third-order valence-corrected chi connectivity index (χ3v) is 5.12. The monoisotopic (exact) mass is 367 g/mol. The molecule has 0 aliphatic heterocycles. The van der Waals surface area contributed by atoms with Crippen molar-refractivity contribution in [2.24, 2.45) is 0 Å². The van der Waals surface area contributed by atoms with E-state index in [2.05, 4.69) is 10.3 Å². The number of pyridine rings is 1. The minimum Gasteiger partial charge on any atom is -0.320 e. The number of thiophene rings is 1. The Morgan fingerprint density at radius 2 is 2.21 bits per heavy atom. The molecule has 3 aromatic rings. The van der Waals surface area contributed by atoms with E-state index in [9.17, 15) is 18.4 Å². The van der Waals surface area contributed by atoms with Crippen LogP contribution >= 0.6 is 22.7 Å². The maximum atomic E-state index is 13.6. The number of nitrogens with zero attached hydrogens (tertiary/aromatic N) is 2. The minimum atomic E-state index is -1.05. The number of carbonyl (C=O) groups is 1. The summed E-state index contributed by atoms with van der Waals surface area (Å²) in [6.45, 7) is -1.08. The summed E-state index contributed by atoms with van der Waals surface area (Å²) in [5, 5.41) is 5.16. The van der Waals surface area contributed by atoms with Crippen LogP contribution in [0.2, 0.25) is 0 Å². The quantitative estimate of drug-likeness (QED) is 0.752. The third-order valence-electron chi connectivity index (χ3n) is 3.10. The molecule has 3 rings (SSSR count). The van der Waals surface area contributed by atoms with Gasteiger partial charge in [0.05, 0.1) is 22.0 Å². The molecule has 0 saturated heterocycles. The van der Waals surface area contributed by atoms with Crippen molar-refractivity contribution in [1.82, 2.24) is 9.55 Å². The number of rotatable bonds is 5. The molecule has 1 amide bonds. The summed E-state index contributed by atoms with van der Waals surface area (Å²) in [5.74, 6) is -1.48. The van der Waals surface area contributed by atoms with E-state index in [0.29, 0.717) is 4.88 Å². The highest BCUT2D eigenvalue weighted by Gasteiger charge is 2.14. The number of aryl methyl sites for hydroxylation is 1. The Morgan fingerprint density at radius 3 is 2.92 bits per heavy atom. The molecule has 0 unspecified atom stereocenters. The molecular formula is C15H11F2N3O2S2. The number of carbonyl (C=O) groups excluding carboxylic acids is 1. The molecule has 24 heavy (non-hydrogen) atoms. The Balaban J connectivity index is 1.81. The number of thiazole rings is 1. The van der Waals surface area contributed by atoms with Crippen molar-refractivity contribution in [2.75, 3.05) is 12.0 Å². The number of alkyl halides is 1. The smallest absolute Gasteiger partial charge is 0.286 e. The lowest BCUT2D eigenvalue weighted by Gasteiger charge is -2.08. The van der Waals surface area contributed by atoms with Crippen LogP contribution in [0.1, 0.15) is 9.67 Å². The first-order chi connectivity index (χ1) is 11.6. The molecule has 0 aromatic carbocycles. The van der Waals surface area contributed by atoms with Gasteiger partial charge in [0.15, 0.2) is 5.82 Å². The molecule has 0 atom stereocenters. The molecule has 0 fully saturated rings. The van der Waals surface area contributed by atoms with Crippen LogP contribution in [0.5, 0.6) is 0 Å². The number of aromatic nitrogens is 2. The van der Waals surface area contributed by atoms with Gasteiger partial charge in [0, 0.05) is 23.8 Å². The summed E-state index contributed by atoms with van der Waals surface area (Å²) in [6, 6.07) is 4.35. The van der Waals surface area contributed by atoms with E-state index >= 15 is 0 Å². The summed E-state index contributed by atoms with van der Waals surface area (Å²) >= 11 is 2.71. The van der Waals surface area contributed by atoms with Gasteiger partial charge in [-0.25, -0.2) is 13.8 Å². The molecule has 0 saturated carbocycles. The lowest BCUT2D eigenvalue weighted by molar-refractivity contribution is 0.103. The molecule has 0 aliphatic carbocycles. The standard InChI is InChI=1S/C15H11F2N3O2S2/c16-3-5-20-8-9(7-10(17)15(20)22)19-13(21)11-1-2-12(24-11)14-18-4-6-23-14/h1-2,4,6-8H,3,5H2,(H,19,21). The number of nitrogens with one attached hydrogen (secondary N) is 1. The Kier molecular flexibility index (Phi) is 4.81. The molecule has 124 valence electrons. The van der Waals surface area contributed by atoms with Gasteiger partial charge in [-0.05, 0) is 12.1 Å². The van der Waals surface area contributed by atoms with Crippen molar-refractivity contribution in [3.05, 3.63) is 57.0 Å². The summed E-state index contributed by atoms with van der Waals surface area (Å²) in [5.41, 5.74) is -0.831. The second-order valence-electron chi connectivity index (χ2n) is 4.72. The SMILES string of the molecule is O=C(Nc1cc(F)c(=O)n(CCF)c1)c1ccc(-c2nccs2)s1. The van der Waals surface area contributed by atoms with Gasteiger partial charge >= 0.3 is 0 Å². The summed E-state index contributed by atoms with van der Waals surface area (Å²) in [6.07, 6.45) is 2.90. The van der Waals surface area contributed by atoms with Crippen LogP contribution in [0, 0.1) is 5.82 Å². The van der Waals surface area contributed by atoms with Gasteiger partial charge in [0.1, 0.15) is 11.7 Å². The highest BCUT2D eigenvalue weighted by Crippen LogP contribution is 2.29. The lowest BCUT2D eigenvalue weighted by atomic mass is 10.3. The van der Waals surface area contributed by atoms with Crippen LogP contribution in [0.3, 0.4) is 0 Å². The van der Waals surface area contributed by atoms with Crippen molar-refractivity contribution >= 4 is 34.3 Å². The van der Waals surface area contributed by atoms with Gasteiger partial charge in [0.25, 0.3) is 11.5 Å². The average Bonchev–Trinajstić information content (AvgIpc) is 3.23. The zero-order valence-electron chi connectivity index (χ0n) is 12.2. The fourth-order valence-corrected chi connectivity index (χ4v) is 3.66. The van der Waals surface area contributed by atoms with Crippen molar-refractivity contribution in [3.8, 4) is 9.88 Å². The Bertz CT molecular complexity index is 919. The fraction of sp³-hybridized carbons (Fsp3) is 0.133. The van der Waals surface area contributed by atoms with Crippen molar-refractivity contribution in [1.29, 1.82) is 0 Å². The van der Waals surface area contributed by atoms with Crippen LogP contribution < -0.4 is 10.9 Å². The van der Waals surface area contributed by atoms with Gasteiger partial charge in [0.2, 0.25) is 0 Å². The molecule has 9 heteroatoms. The van der Waals surface area contributed by atoms with Crippen LogP contribution in [-0.2, 0) is 6.54 Å². The largest absolute Gasteiger partial charge is 0.320 e. The maximum absolute atomic E-state index is 13.6. The van der Waals surface area contributed by atoms with Crippen LogP contribution in [0.15, 0.2) is 40.8 Å². The molecule has 0 radical (unpaired) electrons. The fourth-order valence-electron chi connectivity index (χ4n) is 2.04. The van der Waals surface area contributed by atoms with Crippen LogP contribution in [-0.4, -0.2) is 22.1 Å². The molecule has 5 nitrogen and oxygen atoms in total. The first kappa shape index (κ1) is 16.5. The van der Waals surface area contributed by atoms with Gasteiger partial charge in [-0.1, -0.05) is 0 Å². The van der Waals surface area contributed by atoms with Gasteiger partial charge in [-0.2, -0.15) is 0 Å². The van der Waals surface area contributed by atoms with Crippen molar-refractivity contribution in [2.45, 2.75) is 6.54 Å². The van der Waals surface area contributed by atoms with E-state index in [-0.39, 0.29) is 12.2 Å². The van der Waals surface area contributed by atoms with E-state index in [1.54, 1.807) is 18.3 Å². The van der Waals surface area contributed by atoms with E-state index in [1.807, 2.05) is 5.38 Å². The van der Waals surface area contributed by atoms with E-state index in [1.165, 1.54) is 28.9 Å². The molecule has 0 aliphatic rings. The summed E-state index contributed by atoms with van der Waals surface area (Å²) < 4.78 is 26.9. The number of anilines is 1. The van der Waals surface area contributed by atoms with E-state index in [4.69, 9.17) is 0 Å². The van der Waals surface area contributed by atoms with Gasteiger partial charge in [-0.15, -0.1) is 22.7 Å². The average molecular weight is 367 g/mol. The molecule has 0 bridgehead atoms. The number of amides is 1.